The molecule has 0 aliphatic rings. The number of unbranched alkanes of at least 4 members (excludes halogenated alkanes) is 2. The van der Waals surface area contributed by atoms with Crippen molar-refractivity contribution in [2.45, 2.75) is 39.2 Å². The number of rotatable bonds is 6. The van der Waals surface area contributed by atoms with Crippen molar-refractivity contribution in [2.24, 2.45) is 5.84 Å². The number of hydrogen-bond donors (Lipinski definition) is 2. The number of nitrogens with zero attached hydrogens (tertiary/aromatic N) is 1. The second-order valence-corrected chi connectivity index (χ2v) is 4.90. The van der Waals surface area contributed by atoms with Crippen molar-refractivity contribution in [2.75, 3.05) is 0 Å². The largest absolute Gasteiger partial charge is 0.347 e. The van der Waals surface area contributed by atoms with Crippen LogP contribution in [0.15, 0.2) is 30.5 Å². The number of para-hydroxylation sites is 1. The number of aryl methyl sites for hydroxylation is 2. The molecule has 1 heterocycles. The maximum absolute atomic E-state index is 11.0. The molecule has 0 saturated heterocycles. The first-order chi connectivity index (χ1) is 9.22. The minimum Gasteiger partial charge on any atom is -0.347 e. The van der Waals surface area contributed by atoms with Gasteiger partial charge in [-0.15, -0.1) is 0 Å². The van der Waals surface area contributed by atoms with Crippen LogP contribution in [0.1, 0.15) is 31.2 Å². The molecule has 0 aliphatic carbocycles. The van der Waals surface area contributed by atoms with Crippen LogP contribution in [0, 0.1) is 6.92 Å². The highest BCUT2D eigenvalue weighted by molar-refractivity contribution is 5.83. The summed E-state index contributed by atoms with van der Waals surface area (Å²) in [4.78, 5) is 11.0. The monoisotopic (exact) mass is 259 g/mol. The Bertz CT molecular complexity index is 560. The fourth-order valence-electron chi connectivity index (χ4n) is 2.43. The molecule has 0 radical (unpaired) electrons. The second kappa shape index (κ2) is 6.38. The SMILES string of the molecule is Cc1cn(CCCCCC(=O)NN)c2ccccc12. The van der Waals surface area contributed by atoms with Gasteiger partial charge in [0.2, 0.25) is 5.91 Å². The third-order valence-electron chi connectivity index (χ3n) is 3.45. The first kappa shape index (κ1) is 13.6. The number of hydrogen-bond acceptors (Lipinski definition) is 2. The summed E-state index contributed by atoms with van der Waals surface area (Å²) < 4.78 is 2.30. The molecule has 3 N–H and O–H groups in total. The van der Waals surface area contributed by atoms with E-state index in [9.17, 15) is 4.79 Å². The van der Waals surface area contributed by atoms with Crippen molar-refractivity contribution >= 4 is 16.8 Å². The smallest absolute Gasteiger partial charge is 0.233 e. The average Bonchev–Trinajstić information content (AvgIpc) is 2.75. The number of nitrogens with one attached hydrogen (secondary N) is 1. The molecule has 0 saturated carbocycles. The molecule has 102 valence electrons. The Morgan fingerprint density at radius 3 is 2.84 bits per heavy atom. The Morgan fingerprint density at radius 2 is 2.05 bits per heavy atom. The minimum atomic E-state index is -0.0812. The number of hydrazine groups is 1. The molecular weight excluding hydrogens is 238 g/mol. The Hall–Kier alpha value is -1.81. The highest BCUT2D eigenvalue weighted by Crippen LogP contribution is 2.20. The van der Waals surface area contributed by atoms with Crippen LogP contribution >= 0.6 is 0 Å². The van der Waals surface area contributed by atoms with Crippen molar-refractivity contribution in [1.82, 2.24) is 9.99 Å². The average molecular weight is 259 g/mol. The third-order valence-corrected chi connectivity index (χ3v) is 3.45. The number of carbonyl (C=O) groups excluding carboxylic acids is 1. The summed E-state index contributed by atoms with van der Waals surface area (Å²) in [5.41, 5.74) is 4.77. The van der Waals surface area contributed by atoms with E-state index in [1.165, 1.54) is 16.5 Å². The number of nitrogens with two attached hydrogens (primary N) is 1. The zero-order valence-electron chi connectivity index (χ0n) is 11.4. The highest BCUT2D eigenvalue weighted by Gasteiger charge is 2.04. The molecule has 0 atom stereocenters. The summed E-state index contributed by atoms with van der Waals surface area (Å²) in [5, 5.41) is 1.32. The van der Waals surface area contributed by atoms with Gasteiger partial charge in [0.15, 0.2) is 0 Å². The molecule has 2 aromatic rings. The summed E-state index contributed by atoms with van der Waals surface area (Å²) in [6.07, 6.45) is 5.73. The van der Waals surface area contributed by atoms with Gasteiger partial charge in [-0.25, -0.2) is 5.84 Å². The van der Waals surface area contributed by atoms with E-state index in [-0.39, 0.29) is 5.91 Å². The maximum atomic E-state index is 11.0. The van der Waals surface area contributed by atoms with Crippen LogP contribution in [0.25, 0.3) is 10.9 Å². The van der Waals surface area contributed by atoms with Gasteiger partial charge in [-0.2, -0.15) is 0 Å². The van der Waals surface area contributed by atoms with E-state index in [1.54, 1.807) is 0 Å². The molecule has 0 spiro atoms. The van der Waals surface area contributed by atoms with Crippen LogP contribution in [0.3, 0.4) is 0 Å². The molecule has 1 amide bonds. The third kappa shape index (κ3) is 3.35. The van der Waals surface area contributed by atoms with Crippen LogP contribution in [-0.4, -0.2) is 10.5 Å². The topological polar surface area (TPSA) is 60.0 Å². The lowest BCUT2D eigenvalue weighted by Gasteiger charge is -2.05. The second-order valence-electron chi connectivity index (χ2n) is 4.90. The molecule has 0 fully saturated rings. The normalized spacial score (nSPS) is 10.8. The predicted molar refractivity (Wildman–Crippen MR) is 77.5 cm³/mol. The van der Waals surface area contributed by atoms with Gasteiger partial charge >= 0.3 is 0 Å². The van der Waals surface area contributed by atoms with E-state index in [1.807, 2.05) is 0 Å². The van der Waals surface area contributed by atoms with Gasteiger partial charge in [0.05, 0.1) is 0 Å². The van der Waals surface area contributed by atoms with Crippen molar-refractivity contribution < 1.29 is 4.79 Å². The number of amides is 1. The fraction of sp³-hybridized carbons (Fsp3) is 0.400. The molecule has 0 aliphatic heterocycles. The first-order valence-electron chi connectivity index (χ1n) is 6.76. The summed E-state index contributed by atoms with van der Waals surface area (Å²) in [6, 6.07) is 8.46. The maximum Gasteiger partial charge on any atom is 0.233 e. The minimum absolute atomic E-state index is 0.0812. The van der Waals surface area contributed by atoms with Gasteiger partial charge in [0.25, 0.3) is 0 Å². The number of fused-ring (bicyclic) bond motifs is 1. The van der Waals surface area contributed by atoms with E-state index in [2.05, 4.69) is 47.4 Å². The van der Waals surface area contributed by atoms with Crippen LogP contribution in [0.4, 0.5) is 0 Å². The fourth-order valence-corrected chi connectivity index (χ4v) is 2.43. The highest BCUT2D eigenvalue weighted by atomic mass is 16.2. The van der Waals surface area contributed by atoms with Gasteiger partial charge in [-0.1, -0.05) is 24.6 Å². The first-order valence-corrected chi connectivity index (χ1v) is 6.76. The van der Waals surface area contributed by atoms with E-state index >= 15 is 0 Å². The van der Waals surface area contributed by atoms with Crippen LogP contribution in [0.5, 0.6) is 0 Å². The zero-order valence-corrected chi connectivity index (χ0v) is 11.4. The standard InChI is InChI=1S/C15H21N3O/c1-12-11-18(14-8-5-4-7-13(12)14)10-6-2-3-9-15(19)17-16/h4-5,7-8,11H,2-3,6,9-10,16H2,1H3,(H,17,19). The van der Waals surface area contributed by atoms with Gasteiger partial charge < -0.3 is 4.57 Å². The molecule has 1 aromatic heterocycles. The molecule has 19 heavy (non-hydrogen) atoms. The van der Waals surface area contributed by atoms with Crippen LogP contribution in [-0.2, 0) is 11.3 Å². The Labute approximate surface area is 113 Å². The number of aromatic nitrogens is 1. The molecule has 4 nitrogen and oxygen atoms in total. The summed E-state index contributed by atoms with van der Waals surface area (Å²) in [5.74, 6) is 4.96. The van der Waals surface area contributed by atoms with Crippen molar-refractivity contribution in [3.8, 4) is 0 Å². The number of carbonyl (C=O) groups is 1. The zero-order chi connectivity index (χ0) is 13.7. The molecule has 0 bridgehead atoms. The molecule has 1 aromatic carbocycles. The van der Waals surface area contributed by atoms with Crippen molar-refractivity contribution in [3.63, 3.8) is 0 Å². The Kier molecular flexibility index (Phi) is 4.58. The number of benzene rings is 1. The van der Waals surface area contributed by atoms with Crippen LogP contribution < -0.4 is 11.3 Å². The predicted octanol–water partition coefficient (Wildman–Crippen LogP) is 2.50. The van der Waals surface area contributed by atoms with Crippen molar-refractivity contribution in [3.05, 3.63) is 36.0 Å². The van der Waals surface area contributed by atoms with E-state index in [0.29, 0.717) is 6.42 Å². The van der Waals surface area contributed by atoms with E-state index < -0.39 is 0 Å². The van der Waals surface area contributed by atoms with Crippen molar-refractivity contribution in [1.29, 1.82) is 0 Å². The van der Waals surface area contributed by atoms with E-state index in [0.717, 1.165) is 25.8 Å². The van der Waals surface area contributed by atoms with Gasteiger partial charge in [-0.05, 0) is 31.4 Å². The summed E-state index contributed by atoms with van der Waals surface area (Å²) in [6.45, 7) is 3.14. The molecule has 2 rings (SSSR count). The summed E-state index contributed by atoms with van der Waals surface area (Å²) >= 11 is 0. The Balaban J connectivity index is 1.87. The van der Waals surface area contributed by atoms with Gasteiger partial charge in [0.1, 0.15) is 0 Å². The molecule has 0 unspecified atom stereocenters. The van der Waals surface area contributed by atoms with E-state index in [4.69, 9.17) is 5.84 Å². The van der Waals surface area contributed by atoms with Gasteiger partial charge in [-0.3, -0.25) is 10.2 Å². The van der Waals surface area contributed by atoms with Crippen LogP contribution in [0.2, 0.25) is 0 Å². The molecule has 4 heteroatoms. The quantitative estimate of drug-likeness (QED) is 0.362. The lowest BCUT2D eigenvalue weighted by molar-refractivity contribution is -0.121. The molecular formula is C15H21N3O. The lowest BCUT2D eigenvalue weighted by Crippen LogP contribution is -2.29. The summed E-state index contributed by atoms with van der Waals surface area (Å²) in [7, 11) is 0. The lowest BCUT2D eigenvalue weighted by atomic mass is 10.2. The van der Waals surface area contributed by atoms with Gasteiger partial charge in [0, 0.05) is 30.1 Å². The Morgan fingerprint density at radius 1 is 1.26 bits per heavy atom.